The molecule has 2 N–H and O–H groups in total. The molecule has 148 valence electrons. The maximum Gasteiger partial charge on any atom is 0.256 e. The number of anilines is 1. The van der Waals surface area contributed by atoms with Crippen LogP contribution in [0.15, 0.2) is 18.2 Å². The van der Waals surface area contributed by atoms with E-state index in [1.807, 2.05) is 0 Å². The zero-order chi connectivity index (χ0) is 19.5. The highest BCUT2D eigenvalue weighted by Crippen LogP contribution is 2.36. The van der Waals surface area contributed by atoms with Crippen molar-refractivity contribution in [1.29, 1.82) is 0 Å². The minimum Gasteiger partial charge on any atom is -0.454 e. The summed E-state index contributed by atoms with van der Waals surface area (Å²) in [4.78, 5) is 25.0. The molecule has 0 spiro atoms. The Morgan fingerprint density at radius 1 is 1.29 bits per heavy atom. The highest BCUT2D eigenvalue weighted by atomic mass is 32.2. The van der Waals surface area contributed by atoms with Crippen molar-refractivity contribution in [3.8, 4) is 11.5 Å². The minimum atomic E-state index is -0.293. The summed E-state index contributed by atoms with van der Waals surface area (Å²) in [6.45, 7) is 1.03. The summed E-state index contributed by atoms with van der Waals surface area (Å²) in [6, 6.07) is 5.03. The Labute approximate surface area is 165 Å². The van der Waals surface area contributed by atoms with Crippen molar-refractivity contribution in [2.45, 2.75) is 18.1 Å². The zero-order valence-corrected chi connectivity index (χ0v) is 16.1. The van der Waals surface area contributed by atoms with E-state index < -0.39 is 0 Å². The van der Waals surface area contributed by atoms with E-state index in [0.29, 0.717) is 36.0 Å². The molecule has 0 fully saturated rings. The predicted octanol–water partition coefficient (Wildman–Crippen LogP) is 1.37. The lowest BCUT2D eigenvalue weighted by Gasteiger charge is -2.11. The van der Waals surface area contributed by atoms with Crippen LogP contribution in [-0.2, 0) is 27.6 Å². The van der Waals surface area contributed by atoms with Crippen LogP contribution in [0.1, 0.15) is 21.6 Å². The van der Waals surface area contributed by atoms with Crippen molar-refractivity contribution in [1.82, 2.24) is 15.1 Å². The van der Waals surface area contributed by atoms with E-state index in [4.69, 9.17) is 14.2 Å². The van der Waals surface area contributed by atoms with Gasteiger partial charge in [-0.3, -0.25) is 9.59 Å². The molecule has 0 radical (unpaired) electrons. The highest BCUT2D eigenvalue weighted by molar-refractivity contribution is 7.98. The molecule has 10 heteroatoms. The monoisotopic (exact) mass is 404 g/mol. The van der Waals surface area contributed by atoms with Crippen LogP contribution in [0.25, 0.3) is 0 Å². The van der Waals surface area contributed by atoms with Gasteiger partial charge in [0.25, 0.3) is 5.91 Å². The summed E-state index contributed by atoms with van der Waals surface area (Å²) in [5, 5.41) is 10.2. The molecule has 3 heterocycles. The smallest absolute Gasteiger partial charge is 0.256 e. The number of hydrogen-bond donors (Lipinski definition) is 2. The largest absolute Gasteiger partial charge is 0.454 e. The van der Waals surface area contributed by atoms with Gasteiger partial charge in [0.1, 0.15) is 12.4 Å². The van der Waals surface area contributed by atoms with E-state index >= 15 is 0 Å². The van der Waals surface area contributed by atoms with E-state index in [1.54, 1.807) is 41.8 Å². The number of benzene rings is 1. The second-order valence-corrected chi connectivity index (χ2v) is 7.27. The molecule has 0 atom stereocenters. The second kappa shape index (κ2) is 8.11. The van der Waals surface area contributed by atoms with Crippen molar-refractivity contribution >= 4 is 29.4 Å². The molecule has 9 nitrogen and oxygen atoms in total. The quantitative estimate of drug-likeness (QED) is 0.672. The normalized spacial score (nSPS) is 14.0. The Bertz CT molecular complexity index is 914. The fraction of sp³-hybridized carbons (Fsp3) is 0.389. The molecule has 2 amide bonds. The third-order valence-electron chi connectivity index (χ3n) is 4.41. The third-order valence-corrected chi connectivity index (χ3v) is 5.38. The molecule has 4 rings (SSSR count). The number of hydrogen-bond acceptors (Lipinski definition) is 7. The van der Waals surface area contributed by atoms with Crippen molar-refractivity contribution in [3.63, 3.8) is 0 Å². The Hall–Kier alpha value is -2.72. The lowest BCUT2D eigenvalue weighted by molar-refractivity contribution is -0.122. The van der Waals surface area contributed by atoms with Crippen LogP contribution in [-0.4, -0.2) is 48.6 Å². The first-order valence-electron chi connectivity index (χ1n) is 8.78. The number of nitrogens with one attached hydrogen (secondary N) is 2. The molecular weight excluding hydrogens is 384 g/mol. The van der Waals surface area contributed by atoms with Gasteiger partial charge in [-0.25, -0.2) is 4.68 Å². The molecule has 0 saturated carbocycles. The van der Waals surface area contributed by atoms with Gasteiger partial charge in [0, 0.05) is 36.3 Å². The molecule has 0 aliphatic carbocycles. The van der Waals surface area contributed by atoms with Crippen LogP contribution in [0.4, 0.5) is 5.82 Å². The van der Waals surface area contributed by atoms with Gasteiger partial charge in [0.2, 0.25) is 12.7 Å². The Morgan fingerprint density at radius 2 is 2.14 bits per heavy atom. The van der Waals surface area contributed by atoms with E-state index in [1.165, 1.54) is 0 Å². The first-order valence-corrected chi connectivity index (χ1v) is 9.94. The summed E-state index contributed by atoms with van der Waals surface area (Å²) in [6.07, 6.45) is 0. The third kappa shape index (κ3) is 3.78. The maximum atomic E-state index is 12.8. The number of ether oxygens (including phenoxy) is 3. The molecule has 2 aliphatic rings. The number of thioether (sulfide) groups is 1. The van der Waals surface area contributed by atoms with Gasteiger partial charge in [0.05, 0.1) is 12.3 Å². The van der Waals surface area contributed by atoms with Crippen LogP contribution >= 0.6 is 11.8 Å². The summed E-state index contributed by atoms with van der Waals surface area (Å²) in [5.41, 5.74) is 2.31. The van der Waals surface area contributed by atoms with Gasteiger partial charge in [-0.2, -0.15) is 16.9 Å². The average molecular weight is 404 g/mol. The van der Waals surface area contributed by atoms with Gasteiger partial charge in [-0.1, -0.05) is 0 Å². The number of nitrogens with zero attached hydrogens (tertiary/aromatic N) is 2. The number of fused-ring (bicyclic) bond motifs is 2. The molecule has 0 unspecified atom stereocenters. The SMILES string of the molecule is COCCNC(=O)Cn1nc2c(c1NC(=O)c1ccc3c(c1)OCO3)CSC2. The summed E-state index contributed by atoms with van der Waals surface area (Å²) in [5.74, 6) is 2.75. The predicted molar refractivity (Wildman–Crippen MR) is 103 cm³/mol. The number of carbonyl (C=O) groups is 2. The molecular formula is C18H20N4O5S. The van der Waals surface area contributed by atoms with Crippen LogP contribution in [0, 0.1) is 0 Å². The molecule has 0 saturated heterocycles. The van der Waals surface area contributed by atoms with Crippen molar-refractivity contribution < 1.29 is 23.8 Å². The molecule has 1 aromatic heterocycles. The number of methoxy groups -OCH3 is 1. The van der Waals surface area contributed by atoms with E-state index in [0.717, 1.165) is 22.8 Å². The number of carbonyl (C=O) groups excluding carboxylic acids is 2. The number of aromatic nitrogens is 2. The average Bonchev–Trinajstić information content (AvgIpc) is 3.39. The van der Waals surface area contributed by atoms with Crippen LogP contribution < -0.4 is 20.1 Å². The lowest BCUT2D eigenvalue weighted by atomic mass is 10.2. The van der Waals surface area contributed by atoms with Gasteiger partial charge in [-0.15, -0.1) is 0 Å². The maximum absolute atomic E-state index is 12.8. The molecule has 2 aliphatic heterocycles. The van der Waals surface area contributed by atoms with Gasteiger partial charge in [-0.05, 0) is 18.2 Å². The van der Waals surface area contributed by atoms with Crippen LogP contribution in [0.5, 0.6) is 11.5 Å². The molecule has 1 aromatic carbocycles. The molecule has 28 heavy (non-hydrogen) atoms. The van der Waals surface area contributed by atoms with Crippen LogP contribution in [0.3, 0.4) is 0 Å². The first-order chi connectivity index (χ1) is 13.7. The summed E-state index contributed by atoms with van der Waals surface area (Å²) >= 11 is 1.73. The van der Waals surface area contributed by atoms with Crippen molar-refractivity contribution in [3.05, 3.63) is 35.0 Å². The minimum absolute atomic E-state index is 0.0259. The van der Waals surface area contributed by atoms with Crippen LogP contribution in [0.2, 0.25) is 0 Å². The highest BCUT2D eigenvalue weighted by Gasteiger charge is 2.26. The number of rotatable bonds is 7. The summed E-state index contributed by atoms with van der Waals surface area (Å²) < 4.78 is 17.1. The molecule has 0 bridgehead atoms. The van der Waals surface area contributed by atoms with Crippen molar-refractivity contribution in [2.24, 2.45) is 0 Å². The zero-order valence-electron chi connectivity index (χ0n) is 15.3. The van der Waals surface area contributed by atoms with E-state index in [-0.39, 0.29) is 25.2 Å². The van der Waals surface area contributed by atoms with Gasteiger partial charge < -0.3 is 24.8 Å². The first kappa shape index (κ1) is 18.6. The van der Waals surface area contributed by atoms with Gasteiger partial charge in [0.15, 0.2) is 11.5 Å². The second-order valence-electron chi connectivity index (χ2n) is 6.29. The Kier molecular flexibility index (Phi) is 5.40. The topological polar surface area (TPSA) is 104 Å². The lowest BCUT2D eigenvalue weighted by Crippen LogP contribution is -2.31. The Balaban J connectivity index is 1.52. The fourth-order valence-electron chi connectivity index (χ4n) is 3.02. The van der Waals surface area contributed by atoms with Gasteiger partial charge >= 0.3 is 0 Å². The standard InChI is InChI=1S/C18H20N4O5S/c1-25-5-4-19-16(23)7-22-17(12-8-28-9-13(12)21-22)20-18(24)11-2-3-14-15(6-11)27-10-26-14/h2-3,6H,4-5,7-10H2,1H3,(H,19,23)(H,20,24). The van der Waals surface area contributed by atoms with Crippen molar-refractivity contribution in [2.75, 3.05) is 32.4 Å². The number of amides is 2. The van der Waals surface area contributed by atoms with E-state index in [9.17, 15) is 9.59 Å². The summed E-state index contributed by atoms with van der Waals surface area (Å²) in [7, 11) is 1.58. The fourth-order valence-corrected chi connectivity index (χ4v) is 4.06. The molecule has 2 aromatic rings. The Morgan fingerprint density at radius 3 is 3.00 bits per heavy atom. The van der Waals surface area contributed by atoms with E-state index in [2.05, 4.69) is 15.7 Å².